The summed E-state index contributed by atoms with van der Waals surface area (Å²) >= 11 is 0. The summed E-state index contributed by atoms with van der Waals surface area (Å²) in [5.41, 5.74) is 5.57. The normalized spacial score (nSPS) is 22.6. The van der Waals surface area contributed by atoms with Crippen molar-refractivity contribution >= 4 is 13.0 Å². The van der Waals surface area contributed by atoms with Gasteiger partial charge in [0.2, 0.25) is 5.91 Å². The van der Waals surface area contributed by atoms with Crippen LogP contribution in [-0.2, 0) is 4.79 Å². The predicted molar refractivity (Wildman–Crippen MR) is 71.5 cm³/mol. The number of allylic oxidation sites excluding steroid dienone is 1. The van der Waals surface area contributed by atoms with Crippen molar-refractivity contribution in [3.05, 3.63) is 12.2 Å². The summed E-state index contributed by atoms with van der Waals surface area (Å²) in [6.45, 7) is 6.22. The Morgan fingerprint density at radius 1 is 1.56 bits per heavy atom. The van der Waals surface area contributed by atoms with Crippen LogP contribution in [0, 0.1) is 5.41 Å². The van der Waals surface area contributed by atoms with Gasteiger partial charge in [-0.2, -0.15) is 0 Å². The van der Waals surface area contributed by atoms with E-state index in [1.165, 1.54) is 4.90 Å². The standard InChI is InChI=1S/C12H23BN2O3/c1-4-7-12(2,3)10(14)11(16)15-8-5-6-9(15)13(17)18/h4,7,9-10,17-18H,5-6,8,14H2,1-3H3/b7-4+/t9-,10+/m0/s1. The van der Waals surface area contributed by atoms with Crippen LogP contribution in [0.5, 0.6) is 0 Å². The van der Waals surface area contributed by atoms with Crippen LogP contribution in [0.4, 0.5) is 0 Å². The molecular weight excluding hydrogens is 231 g/mol. The molecule has 0 saturated carbocycles. The first-order valence-electron chi connectivity index (χ1n) is 6.37. The van der Waals surface area contributed by atoms with Crippen LogP contribution in [0.3, 0.4) is 0 Å². The lowest BCUT2D eigenvalue weighted by Crippen LogP contribution is -2.55. The van der Waals surface area contributed by atoms with Gasteiger partial charge in [0.25, 0.3) is 0 Å². The van der Waals surface area contributed by atoms with Crippen molar-refractivity contribution in [2.75, 3.05) is 6.54 Å². The SMILES string of the molecule is C/C=C/C(C)(C)[C@H](N)C(=O)N1CCC[C@H]1B(O)O. The number of hydrogen-bond acceptors (Lipinski definition) is 4. The summed E-state index contributed by atoms with van der Waals surface area (Å²) in [5, 5.41) is 18.5. The van der Waals surface area contributed by atoms with Gasteiger partial charge in [0, 0.05) is 12.0 Å². The van der Waals surface area contributed by atoms with Crippen molar-refractivity contribution in [3.8, 4) is 0 Å². The zero-order chi connectivity index (χ0) is 13.9. The van der Waals surface area contributed by atoms with Gasteiger partial charge in [-0.05, 0) is 19.8 Å². The lowest BCUT2D eigenvalue weighted by molar-refractivity contribution is -0.134. The van der Waals surface area contributed by atoms with Gasteiger partial charge in [0.05, 0.1) is 12.0 Å². The Morgan fingerprint density at radius 2 is 2.17 bits per heavy atom. The molecule has 0 aromatic heterocycles. The highest BCUT2D eigenvalue weighted by atomic mass is 16.4. The molecule has 5 nitrogen and oxygen atoms in total. The molecule has 0 spiro atoms. The highest BCUT2D eigenvalue weighted by molar-refractivity contribution is 6.43. The second kappa shape index (κ2) is 5.86. The van der Waals surface area contributed by atoms with Crippen LogP contribution in [-0.4, -0.2) is 46.5 Å². The van der Waals surface area contributed by atoms with E-state index >= 15 is 0 Å². The molecule has 18 heavy (non-hydrogen) atoms. The van der Waals surface area contributed by atoms with E-state index in [9.17, 15) is 14.8 Å². The first kappa shape index (κ1) is 15.2. The van der Waals surface area contributed by atoms with Gasteiger partial charge in [0.15, 0.2) is 0 Å². The Morgan fingerprint density at radius 3 is 2.67 bits per heavy atom. The highest BCUT2D eigenvalue weighted by Gasteiger charge is 2.41. The number of nitrogens with zero attached hydrogens (tertiary/aromatic N) is 1. The third-order valence-electron chi connectivity index (χ3n) is 3.59. The lowest BCUT2D eigenvalue weighted by atomic mass is 9.77. The van der Waals surface area contributed by atoms with Crippen molar-refractivity contribution in [2.24, 2.45) is 11.1 Å². The van der Waals surface area contributed by atoms with Crippen molar-refractivity contribution in [2.45, 2.75) is 45.6 Å². The fraction of sp³-hybridized carbons (Fsp3) is 0.750. The van der Waals surface area contributed by atoms with Gasteiger partial charge in [-0.15, -0.1) is 0 Å². The van der Waals surface area contributed by atoms with E-state index in [1.54, 1.807) is 0 Å². The van der Waals surface area contributed by atoms with E-state index in [4.69, 9.17) is 5.73 Å². The maximum Gasteiger partial charge on any atom is 0.475 e. The number of rotatable bonds is 4. The maximum absolute atomic E-state index is 12.3. The Kier molecular flexibility index (Phi) is 4.96. The number of nitrogens with two attached hydrogens (primary N) is 1. The molecule has 0 radical (unpaired) electrons. The highest BCUT2D eigenvalue weighted by Crippen LogP contribution is 2.26. The van der Waals surface area contributed by atoms with Crippen LogP contribution >= 0.6 is 0 Å². The lowest BCUT2D eigenvalue weighted by Gasteiger charge is -2.33. The Bertz CT molecular complexity index is 331. The third-order valence-corrected chi connectivity index (χ3v) is 3.59. The molecule has 4 N–H and O–H groups in total. The van der Waals surface area contributed by atoms with Crippen LogP contribution in [0.15, 0.2) is 12.2 Å². The molecule has 1 heterocycles. The first-order valence-corrected chi connectivity index (χ1v) is 6.37. The van der Waals surface area contributed by atoms with Crippen molar-refractivity contribution in [1.82, 2.24) is 4.90 Å². The summed E-state index contributed by atoms with van der Waals surface area (Å²) < 4.78 is 0. The molecule has 6 heteroatoms. The van der Waals surface area contributed by atoms with E-state index < -0.39 is 24.5 Å². The Hall–Kier alpha value is -0.845. The van der Waals surface area contributed by atoms with E-state index in [1.807, 2.05) is 32.9 Å². The van der Waals surface area contributed by atoms with E-state index in [0.717, 1.165) is 6.42 Å². The zero-order valence-electron chi connectivity index (χ0n) is 11.3. The topological polar surface area (TPSA) is 86.8 Å². The fourth-order valence-electron chi connectivity index (χ4n) is 2.41. The quantitative estimate of drug-likeness (QED) is 0.483. The second-order valence-corrected chi connectivity index (χ2v) is 5.45. The molecule has 2 atom stereocenters. The molecule has 1 amide bonds. The van der Waals surface area contributed by atoms with Gasteiger partial charge >= 0.3 is 7.12 Å². The average Bonchev–Trinajstić information content (AvgIpc) is 2.75. The molecule has 1 fully saturated rings. The molecule has 1 saturated heterocycles. The van der Waals surface area contributed by atoms with E-state index in [2.05, 4.69) is 0 Å². The van der Waals surface area contributed by atoms with Crippen molar-refractivity contribution in [3.63, 3.8) is 0 Å². The van der Waals surface area contributed by atoms with Gasteiger partial charge in [-0.25, -0.2) is 0 Å². The van der Waals surface area contributed by atoms with E-state index in [0.29, 0.717) is 13.0 Å². The monoisotopic (exact) mass is 254 g/mol. The van der Waals surface area contributed by atoms with Gasteiger partial charge in [-0.1, -0.05) is 26.0 Å². The van der Waals surface area contributed by atoms with Crippen molar-refractivity contribution in [1.29, 1.82) is 0 Å². The third kappa shape index (κ3) is 3.13. The number of hydrogen-bond donors (Lipinski definition) is 3. The number of carbonyl (C=O) groups excluding carboxylic acids is 1. The second-order valence-electron chi connectivity index (χ2n) is 5.45. The smallest absolute Gasteiger partial charge is 0.426 e. The van der Waals surface area contributed by atoms with Crippen molar-refractivity contribution < 1.29 is 14.8 Å². The molecule has 0 aliphatic carbocycles. The summed E-state index contributed by atoms with van der Waals surface area (Å²) in [5.74, 6) is -0.737. The first-order chi connectivity index (χ1) is 8.31. The number of amides is 1. The average molecular weight is 254 g/mol. The summed E-state index contributed by atoms with van der Waals surface area (Å²) in [7, 11) is -1.49. The minimum absolute atomic E-state index is 0.214. The molecule has 1 aliphatic rings. The minimum Gasteiger partial charge on any atom is -0.426 e. The van der Waals surface area contributed by atoms with Crippen LogP contribution < -0.4 is 5.73 Å². The Labute approximate surface area is 109 Å². The van der Waals surface area contributed by atoms with Gasteiger partial charge in [-0.3, -0.25) is 4.79 Å². The molecule has 0 bridgehead atoms. The zero-order valence-corrected chi connectivity index (χ0v) is 11.3. The summed E-state index contributed by atoms with van der Waals surface area (Å²) in [4.78, 5) is 13.8. The fourth-order valence-corrected chi connectivity index (χ4v) is 2.41. The van der Waals surface area contributed by atoms with Gasteiger partial charge < -0.3 is 20.7 Å². The maximum atomic E-state index is 12.3. The number of carbonyl (C=O) groups is 1. The Balaban J connectivity index is 2.81. The van der Waals surface area contributed by atoms with Crippen LogP contribution in [0.2, 0.25) is 0 Å². The predicted octanol–water partition coefficient (Wildman–Crippen LogP) is -0.0810. The molecule has 1 rings (SSSR count). The molecule has 1 aliphatic heterocycles. The van der Waals surface area contributed by atoms with Crippen LogP contribution in [0.1, 0.15) is 33.6 Å². The largest absolute Gasteiger partial charge is 0.475 e. The molecule has 102 valence electrons. The van der Waals surface area contributed by atoms with E-state index in [-0.39, 0.29) is 5.91 Å². The molecule has 0 unspecified atom stereocenters. The summed E-state index contributed by atoms with van der Waals surface area (Å²) in [6, 6.07) is -0.673. The summed E-state index contributed by atoms with van der Waals surface area (Å²) in [6.07, 6.45) is 5.16. The van der Waals surface area contributed by atoms with Crippen LogP contribution in [0.25, 0.3) is 0 Å². The molecular formula is C12H23BN2O3. The van der Waals surface area contributed by atoms with Gasteiger partial charge in [0.1, 0.15) is 0 Å². The molecule has 0 aromatic carbocycles. The number of likely N-dealkylation sites (tertiary alicyclic amines) is 1. The minimum atomic E-state index is -1.49. The molecule has 0 aromatic rings.